The maximum absolute atomic E-state index is 14.0. The average molecular weight is 616 g/mol. The van der Waals surface area contributed by atoms with E-state index in [0.29, 0.717) is 85.9 Å². The first-order valence-corrected chi connectivity index (χ1v) is 15.8. The van der Waals surface area contributed by atoms with Gasteiger partial charge in [-0.1, -0.05) is 0 Å². The molecular formula is C30H38FN5O6S. The Balaban J connectivity index is 1.16. The molecule has 0 atom stereocenters. The lowest BCUT2D eigenvalue weighted by atomic mass is 9.78. The van der Waals surface area contributed by atoms with E-state index in [2.05, 4.69) is 10.2 Å². The van der Waals surface area contributed by atoms with Gasteiger partial charge >= 0.3 is 6.09 Å². The molecule has 4 aliphatic heterocycles. The van der Waals surface area contributed by atoms with E-state index in [1.165, 1.54) is 12.1 Å². The topological polar surface area (TPSA) is 112 Å². The number of piperidine rings is 2. The molecule has 4 saturated heterocycles. The monoisotopic (exact) mass is 615 g/mol. The van der Waals surface area contributed by atoms with Crippen molar-refractivity contribution in [2.24, 2.45) is 5.41 Å². The molecule has 0 unspecified atom stereocenters. The third-order valence-corrected chi connectivity index (χ3v) is 9.81. The zero-order valence-corrected chi connectivity index (χ0v) is 25.6. The largest absolute Gasteiger partial charge is 0.444 e. The van der Waals surface area contributed by atoms with Gasteiger partial charge in [-0.15, -0.1) is 11.3 Å². The number of likely N-dealkylation sites (tertiary alicyclic amines) is 2. The summed E-state index contributed by atoms with van der Waals surface area (Å²) in [5, 5.41) is 6.79. The molecule has 11 nitrogen and oxygen atoms in total. The first-order chi connectivity index (χ1) is 20.5. The van der Waals surface area contributed by atoms with Crippen LogP contribution in [0.25, 0.3) is 10.1 Å². The Morgan fingerprint density at radius 2 is 1.72 bits per heavy atom. The van der Waals surface area contributed by atoms with Crippen LogP contribution in [0.2, 0.25) is 0 Å². The van der Waals surface area contributed by atoms with E-state index in [9.17, 15) is 23.6 Å². The van der Waals surface area contributed by atoms with Crippen LogP contribution < -0.4 is 5.32 Å². The fourth-order valence-corrected chi connectivity index (χ4v) is 7.87. The predicted octanol–water partition coefficient (Wildman–Crippen LogP) is 3.69. The van der Waals surface area contributed by atoms with E-state index in [1.807, 2.05) is 0 Å². The maximum Gasteiger partial charge on any atom is 0.412 e. The number of nitrogens with one attached hydrogen (secondary N) is 1. The lowest BCUT2D eigenvalue weighted by molar-refractivity contribution is -0.145. The van der Waals surface area contributed by atoms with Gasteiger partial charge in [0.05, 0.1) is 31.9 Å². The van der Waals surface area contributed by atoms with Crippen LogP contribution in [0.15, 0.2) is 18.2 Å². The van der Waals surface area contributed by atoms with Crippen LogP contribution in [0, 0.1) is 11.2 Å². The molecule has 5 heterocycles. The number of nitrogens with zero attached hydrogens (tertiary/aromatic N) is 4. The van der Waals surface area contributed by atoms with Gasteiger partial charge in [0.15, 0.2) is 0 Å². The molecular weight excluding hydrogens is 577 g/mol. The van der Waals surface area contributed by atoms with Crippen molar-refractivity contribution >= 4 is 50.2 Å². The van der Waals surface area contributed by atoms with Gasteiger partial charge in [0, 0.05) is 35.8 Å². The van der Waals surface area contributed by atoms with E-state index >= 15 is 0 Å². The molecule has 0 radical (unpaired) electrons. The van der Waals surface area contributed by atoms with Gasteiger partial charge in [-0.05, 0) is 71.2 Å². The van der Waals surface area contributed by atoms with Gasteiger partial charge in [0.2, 0.25) is 0 Å². The Morgan fingerprint density at radius 1 is 1.05 bits per heavy atom. The van der Waals surface area contributed by atoms with E-state index < -0.39 is 22.9 Å². The Labute approximate surface area is 253 Å². The summed E-state index contributed by atoms with van der Waals surface area (Å²) in [4.78, 5) is 57.7. The van der Waals surface area contributed by atoms with Gasteiger partial charge < -0.3 is 14.4 Å². The molecule has 43 heavy (non-hydrogen) atoms. The molecule has 1 spiro atoms. The summed E-state index contributed by atoms with van der Waals surface area (Å²) >= 11 is 1.14. The van der Waals surface area contributed by atoms with Crippen LogP contribution in [-0.2, 0) is 19.1 Å². The highest BCUT2D eigenvalue weighted by Gasteiger charge is 2.60. The van der Waals surface area contributed by atoms with Gasteiger partial charge in [-0.25, -0.2) is 19.2 Å². The number of ether oxygens (including phenoxy) is 2. The van der Waals surface area contributed by atoms with Gasteiger partial charge in [0.25, 0.3) is 17.7 Å². The zero-order valence-electron chi connectivity index (χ0n) is 24.8. The van der Waals surface area contributed by atoms with Crippen LogP contribution >= 0.6 is 11.3 Å². The number of carbonyl (C=O) groups excluding carboxylic acids is 4. The minimum atomic E-state index is -1.05. The van der Waals surface area contributed by atoms with Crippen molar-refractivity contribution in [3.05, 3.63) is 29.6 Å². The Kier molecular flexibility index (Phi) is 7.84. The summed E-state index contributed by atoms with van der Waals surface area (Å²) in [6.07, 6.45) is 2.00. The summed E-state index contributed by atoms with van der Waals surface area (Å²) in [5.41, 5.74) is -1.44. The number of hydrazine groups is 1. The SMILES string of the molecule is CC(C)(C)OC(=O)Nc1sc2cc(F)ccc2c1C(=O)N1CCC(N2CCCC3(C2)C(=O)N2CCOCCN2C3=O)CC1. The summed E-state index contributed by atoms with van der Waals surface area (Å²) in [6.45, 7) is 9.04. The highest BCUT2D eigenvalue weighted by Crippen LogP contribution is 2.42. The Hall–Kier alpha value is -3.29. The number of hydrogen-bond donors (Lipinski definition) is 1. The van der Waals surface area contributed by atoms with E-state index in [4.69, 9.17) is 9.47 Å². The summed E-state index contributed by atoms with van der Waals surface area (Å²) in [7, 11) is 0. The minimum absolute atomic E-state index is 0.119. The third kappa shape index (κ3) is 5.58. The second kappa shape index (κ2) is 11.3. The van der Waals surface area contributed by atoms with Crippen molar-refractivity contribution in [3.8, 4) is 0 Å². The molecule has 4 aliphatic rings. The van der Waals surface area contributed by atoms with Crippen LogP contribution in [0.1, 0.15) is 56.8 Å². The van der Waals surface area contributed by atoms with Crippen molar-refractivity contribution in [3.63, 3.8) is 0 Å². The maximum atomic E-state index is 14.0. The lowest BCUT2D eigenvalue weighted by Crippen LogP contribution is -2.56. The zero-order chi connectivity index (χ0) is 30.5. The van der Waals surface area contributed by atoms with Crippen molar-refractivity contribution < 1.29 is 33.0 Å². The molecule has 13 heteroatoms. The molecule has 1 N–H and O–H groups in total. The highest BCUT2D eigenvalue weighted by atomic mass is 32.1. The first-order valence-electron chi connectivity index (χ1n) is 14.9. The molecule has 4 fully saturated rings. The summed E-state index contributed by atoms with van der Waals surface area (Å²) in [6, 6.07) is 4.37. The quantitative estimate of drug-likeness (QED) is 0.525. The normalized spacial score (nSPS) is 21.8. The van der Waals surface area contributed by atoms with Gasteiger partial charge in [0.1, 0.15) is 21.8 Å². The van der Waals surface area contributed by atoms with E-state index in [-0.39, 0.29) is 23.8 Å². The molecule has 0 aliphatic carbocycles. The first kappa shape index (κ1) is 29.8. The highest BCUT2D eigenvalue weighted by molar-refractivity contribution is 7.23. The third-order valence-electron chi connectivity index (χ3n) is 8.74. The van der Waals surface area contributed by atoms with Crippen LogP contribution in [0.4, 0.5) is 14.2 Å². The van der Waals surface area contributed by atoms with Gasteiger partial charge in [-0.3, -0.25) is 24.6 Å². The van der Waals surface area contributed by atoms with Crippen LogP contribution in [0.5, 0.6) is 0 Å². The summed E-state index contributed by atoms with van der Waals surface area (Å²) in [5.74, 6) is -0.897. The van der Waals surface area contributed by atoms with Gasteiger partial charge in [-0.2, -0.15) is 0 Å². The average Bonchev–Trinajstić information content (AvgIpc) is 3.24. The molecule has 4 amide bonds. The van der Waals surface area contributed by atoms with Crippen LogP contribution in [-0.4, -0.2) is 108 Å². The second-order valence-corrected chi connectivity index (χ2v) is 13.8. The number of amides is 4. The number of hydrogen-bond acceptors (Lipinski definition) is 8. The van der Waals surface area contributed by atoms with Crippen molar-refractivity contribution in [1.29, 1.82) is 0 Å². The van der Waals surface area contributed by atoms with Crippen molar-refractivity contribution in [2.75, 3.05) is 57.8 Å². The molecule has 232 valence electrons. The Morgan fingerprint density at radius 3 is 2.37 bits per heavy atom. The predicted molar refractivity (Wildman–Crippen MR) is 158 cm³/mol. The van der Waals surface area contributed by atoms with Crippen molar-refractivity contribution in [2.45, 2.75) is 58.1 Å². The number of thiophene rings is 1. The molecule has 2 aromatic rings. The second-order valence-electron chi connectivity index (χ2n) is 12.7. The molecule has 0 bridgehead atoms. The number of benzene rings is 1. The van der Waals surface area contributed by atoms with Crippen LogP contribution in [0.3, 0.4) is 0 Å². The standard InChI is InChI=1S/C30H38FN5O6S/c1-29(2,3)42-28(40)32-24-23(21-6-5-19(31)17-22(21)43-24)25(37)33-11-7-20(8-12-33)34-10-4-9-30(18-34)26(38)35-13-15-41-16-14-36(35)27(30)39/h5-6,17,20H,4,7-16,18H2,1-3H3,(H,32,40). The number of fused-ring (bicyclic) bond motifs is 2. The molecule has 1 aromatic heterocycles. The fraction of sp³-hybridized carbons (Fsp3) is 0.600. The van der Waals surface area contributed by atoms with E-state index in [1.54, 1.807) is 41.8 Å². The molecule has 1 aromatic carbocycles. The number of halogens is 1. The van der Waals surface area contributed by atoms with Crippen molar-refractivity contribution in [1.82, 2.24) is 19.8 Å². The lowest BCUT2D eigenvalue weighted by Gasteiger charge is -2.44. The van der Waals surface area contributed by atoms with E-state index in [0.717, 1.165) is 24.3 Å². The number of carbonyl (C=O) groups is 4. The summed E-state index contributed by atoms with van der Waals surface area (Å²) < 4.78 is 25.5. The number of rotatable bonds is 3. The number of anilines is 1. The fourth-order valence-electron chi connectivity index (χ4n) is 6.76. The Bertz CT molecular complexity index is 1420. The smallest absolute Gasteiger partial charge is 0.412 e. The molecule has 0 saturated carbocycles. The molecule has 6 rings (SSSR count). The minimum Gasteiger partial charge on any atom is -0.444 e.